The van der Waals surface area contributed by atoms with Crippen LogP contribution in [0.2, 0.25) is 0 Å². The Kier molecular flexibility index (Phi) is 4.42. The summed E-state index contributed by atoms with van der Waals surface area (Å²) in [6.45, 7) is 8.19. The van der Waals surface area contributed by atoms with Crippen LogP contribution in [0.1, 0.15) is 56.8 Å². The summed E-state index contributed by atoms with van der Waals surface area (Å²) in [5.41, 5.74) is 1.50. The number of aromatic nitrogens is 2. The van der Waals surface area contributed by atoms with E-state index in [1.807, 2.05) is 13.1 Å². The SMILES string of the molecule is CCc1cnc(C)nc1N1CCCC2(CCC(=O)N(CC3CC3)C2)C1. The quantitative estimate of drug-likeness (QED) is 0.844. The number of rotatable bonds is 4. The van der Waals surface area contributed by atoms with Crippen LogP contribution in [0.25, 0.3) is 0 Å². The van der Waals surface area contributed by atoms with E-state index in [9.17, 15) is 4.79 Å². The normalized spacial score (nSPS) is 27.2. The lowest BCUT2D eigenvalue weighted by molar-refractivity contribution is -0.138. The molecule has 5 heteroatoms. The van der Waals surface area contributed by atoms with Crippen molar-refractivity contribution in [1.82, 2.24) is 14.9 Å². The second kappa shape index (κ2) is 6.58. The third-order valence-corrected chi connectivity index (χ3v) is 6.23. The van der Waals surface area contributed by atoms with Crippen molar-refractivity contribution in [3.8, 4) is 0 Å². The molecule has 2 saturated heterocycles. The minimum Gasteiger partial charge on any atom is -0.356 e. The third kappa shape index (κ3) is 3.51. The molecule has 2 aliphatic heterocycles. The van der Waals surface area contributed by atoms with E-state index in [1.54, 1.807) is 0 Å². The van der Waals surface area contributed by atoms with Gasteiger partial charge in [-0.3, -0.25) is 4.79 Å². The number of hydrogen-bond acceptors (Lipinski definition) is 4. The summed E-state index contributed by atoms with van der Waals surface area (Å²) in [6.07, 6.45) is 9.76. The molecule has 1 spiro atoms. The standard InChI is InChI=1S/C20H30N4O/c1-3-17-11-21-15(2)22-19(17)23-10-4-8-20(13-23)9-7-18(25)24(14-20)12-16-5-6-16/h11,16H,3-10,12-14H2,1-2H3. The highest BCUT2D eigenvalue weighted by Gasteiger charge is 2.43. The number of amides is 1. The van der Waals surface area contributed by atoms with Crippen molar-refractivity contribution in [3.05, 3.63) is 17.6 Å². The van der Waals surface area contributed by atoms with Gasteiger partial charge in [0, 0.05) is 49.8 Å². The summed E-state index contributed by atoms with van der Waals surface area (Å²) in [6, 6.07) is 0. The highest BCUT2D eigenvalue weighted by atomic mass is 16.2. The largest absolute Gasteiger partial charge is 0.356 e. The molecule has 0 N–H and O–H groups in total. The van der Waals surface area contributed by atoms with Crippen molar-refractivity contribution in [2.45, 2.75) is 58.8 Å². The molecule has 5 nitrogen and oxygen atoms in total. The van der Waals surface area contributed by atoms with Crippen LogP contribution in [0.5, 0.6) is 0 Å². The summed E-state index contributed by atoms with van der Waals surface area (Å²) >= 11 is 0. The Bertz CT molecular complexity index is 657. The maximum atomic E-state index is 12.4. The first kappa shape index (κ1) is 16.8. The van der Waals surface area contributed by atoms with Gasteiger partial charge in [0.25, 0.3) is 0 Å². The molecule has 1 saturated carbocycles. The van der Waals surface area contributed by atoms with Crippen LogP contribution >= 0.6 is 0 Å². The predicted molar refractivity (Wildman–Crippen MR) is 98.6 cm³/mol. The Hall–Kier alpha value is -1.65. The number of nitrogens with zero attached hydrogens (tertiary/aromatic N) is 4. The highest BCUT2D eigenvalue weighted by Crippen LogP contribution is 2.41. The van der Waals surface area contributed by atoms with E-state index in [0.717, 1.165) is 63.0 Å². The lowest BCUT2D eigenvalue weighted by atomic mass is 9.73. The first-order valence-corrected chi connectivity index (χ1v) is 9.94. The van der Waals surface area contributed by atoms with E-state index in [4.69, 9.17) is 4.98 Å². The molecule has 1 aliphatic carbocycles. The third-order valence-electron chi connectivity index (χ3n) is 6.23. The zero-order chi connectivity index (χ0) is 17.4. The Balaban J connectivity index is 1.54. The van der Waals surface area contributed by atoms with Crippen molar-refractivity contribution in [1.29, 1.82) is 0 Å². The molecule has 0 radical (unpaired) electrons. The molecule has 1 unspecified atom stereocenters. The van der Waals surface area contributed by atoms with Gasteiger partial charge in [-0.05, 0) is 51.4 Å². The molecule has 0 aromatic carbocycles. The highest BCUT2D eigenvalue weighted by molar-refractivity contribution is 5.77. The van der Waals surface area contributed by atoms with Crippen LogP contribution in [0.15, 0.2) is 6.20 Å². The molecule has 3 aliphatic rings. The van der Waals surface area contributed by atoms with Crippen molar-refractivity contribution < 1.29 is 4.79 Å². The molecule has 1 amide bonds. The van der Waals surface area contributed by atoms with E-state index in [1.165, 1.54) is 31.2 Å². The molecule has 3 fully saturated rings. The van der Waals surface area contributed by atoms with Gasteiger partial charge in [0.05, 0.1) is 0 Å². The lowest BCUT2D eigenvalue weighted by Gasteiger charge is -2.49. The first-order chi connectivity index (χ1) is 12.1. The average molecular weight is 342 g/mol. The zero-order valence-electron chi connectivity index (χ0n) is 15.6. The Morgan fingerprint density at radius 1 is 1.28 bits per heavy atom. The molecule has 1 atom stereocenters. The molecule has 136 valence electrons. The van der Waals surface area contributed by atoms with Gasteiger partial charge < -0.3 is 9.80 Å². The van der Waals surface area contributed by atoms with Crippen LogP contribution in [0.3, 0.4) is 0 Å². The number of hydrogen-bond donors (Lipinski definition) is 0. The van der Waals surface area contributed by atoms with Crippen LogP contribution < -0.4 is 4.90 Å². The Morgan fingerprint density at radius 2 is 2.12 bits per heavy atom. The lowest BCUT2D eigenvalue weighted by Crippen LogP contribution is -2.54. The van der Waals surface area contributed by atoms with E-state index in [2.05, 4.69) is 21.7 Å². The summed E-state index contributed by atoms with van der Waals surface area (Å²) in [4.78, 5) is 26.2. The topological polar surface area (TPSA) is 49.3 Å². The summed E-state index contributed by atoms with van der Waals surface area (Å²) in [7, 11) is 0. The molecule has 25 heavy (non-hydrogen) atoms. The van der Waals surface area contributed by atoms with E-state index < -0.39 is 0 Å². The zero-order valence-corrected chi connectivity index (χ0v) is 15.6. The molecule has 0 bridgehead atoms. The van der Waals surface area contributed by atoms with Gasteiger partial charge in [-0.25, -0.2) is 9.97 Å². The fourth-order valence-corrected chi connectivity index (χ4v) is 4.61. The second-order valence-electron chi connectivity index (χ2n) is 8.36. The summed E-state index contributed by atoms with van der Waals surface area (Å²) < 4.78 is 0. The summed E-state index contributed by atoms with van der Waals surface area (Å²) in [5, 5.41) is 0. The van der Waals surface area contributed by atoms with E-state index >= 15 is 0 Å². The maximum Gasteiger partial charge on any atom is 0.222 e. The van der Waals surface area contributed by atoms with Gasteiger partial charge in [-0.2, -0.15) is 0 Å². The molecule has 1 aromatic rings. The number of aryl methyl sites for hydroxylation is 2. The minimum atomic E-state index is 0.255. The van der Waals surface area contributed by atoms with Crippen LogP contribution in [-0.2, 0) is 11.2 Å². The molecule has 4 rings (SSSR count). The van der Waals surface area contributed by atoms with Crippen molar-refractivity contribution in [2.24, 2.45) is 11.3 Å². The molecular weight excluding hydrogens is 312 g/mol. The van der Waals surface area contributed by atoms with Crippen LogP contribution in [-0.4, -0.2) is 47.0 Å². The molecule has 1 aromatic heterocycles. The first-order valence-electron chi connectivity index (χ1n) is 9.94. The number of carbonyl (C=O) groups is 1. The van der Waals surface area contributed by atoms with Gasteiger partial charge >= 0.3 is 0 Å². The van der Waals surface area contributed by atoms with Crippen LogP contribution in [0.4, 0.5) is 5.82 Å². The van der Waals surface area contributed by atoms with Crippen molar-refractivity contribution in [3.63, 3.8) is 0 Å². The summed E-state index contributed by atoms with van der Waals surface area (Å²) in [5.74, 6) is 3.12. The maximum absolute atomic E-state index is 12.4. The van der Waals surface area contributed by atoms with E-state index in [0.29, 0.717) is 5.91 Å². The molecular formula is C20H30N4O. The average Bonchev–Trinajstić information content (AvgIpc) is 3.43. The predicted octanol–water partition coefficient (Wildman–Crippen LogP) is 2.97. The Morgan fingerprint density at radius 3 is 2.88 bits per heavy atom. The Labute approximate surface area is 150 Å². The second-order valence-corrected chi connectivity index (χ2v) is 8.36. The molecule has 3 heterocycles. The van der Waals surface area contributed by atoms with E-state index in [-0.39, 0.29) is 5.41 Å². The fraction of sp³-hybridized carbons (Fsp3) is 0.750. The number of piperidine rings is 2. The number of likely N-dealkylation sites (tertiary alicyclic amines) is 1. The van der Waals surface area contributed by atoms with Crippen molar-refractivity contribution >= 4 is 11.7 Å². The number of anilines is 1. The minimum absolute atomic E-state index is 0.255. The van der Waals surface area contributed by atoms with Gasteiger partial charge in [0.2, 0.25) is 5.91 Å². The fourth-order valence-electron chi connectivity index (χ4n) is 4.61. The van der Waals surface area contributed by atoms with Crippen molar-refractivity contribution in [2.75, 3.05) is 31.1 Å². The van der Waals surface area contributed by atoms with Gasteiger partial charge in [-0.1, -0.05) is 6.92 Å². The monoisotopic (exact) mass is 342 g/mol. The van der Waals surface area contributed by atoms with Gasteiger partial charge in [-0.15, -0.1) is 0 Å². The number of carbonyl (C=O) groups excluding carboxylic acids is 1. The van der Waals surface area contributed by atoms with Gasteiger partial charge in [0.15, 0.2) is 0 Å². The smallest absolute Gasteiger partial charge is 0.222 e. The van der Waals surface area contributed by atoms with Gasteiger partial charge in [0.1, 0.15) is 11.6 Å². The van der Waals surface area contributed by atoms with Crippen LogP contribution in [0, 0.1) is 18.3 Å².